The van der Waals surface area contributed by atoms with Crippen LogP contribution in [-0.4, -0.2) is 30.0 Å². The van der Waals surface area contributed by atoms with Crippen LogP contribution in [0.25, 0.3) is 21.5 Å². The minimum absolute atomic E-state index is 0.0500. The molecule has 0 spiro atoms. The summed E-state index contributed by atoms with van der Waals surface area (Å²) in [5, 5.41) is 21.2. The van der Waals surface area contributed by atoms with Gasteiger partial charge in [-0.15, -0.1) is 11.3 Å². The van der Waals surface area contributed by atoms with Crippen molar-refractivity contribution in [2.75, 3.05) is 10.8 Å². The van der Waals surface area contributed by atoms with Crippen LogP contribution in [0.15, 0.2) is 64.3 Å². The second-order valence-electron chi connectivity index (χ2n) is 7.75. The lowest BCUT2D eigenvalue weighted by Crippen LogP contribution is -2.30. The molecule has 0 amide bonds. The molecule has 2 aromatic heterocycles. The maximum atomic E-state index is 13.4. The fraction of sp³-hybridized carbons (Fsp3) is 0.160. The fourth-order valence-electron chi connectivity index (χ4n) is 3.75. The summed E-state index contributed by atoms with van der Waals surface area (Å²) in [4.78, 5) is 20.9. The van der Waals surface area contributed by atoms with E-state index in [2.05, 4.69) is 9.97 Å². The molecule has 0 fully saturated rings. The number of hydrogen-bond donors (Lipinski definition) is 2. The molecule has 0 bridgehead atoms. The number of aliphatic hydroxyl groups is 1. The third-order valence-electron chi connectivity index (χ3n) is 5.65. The van der Waals surface area contributed by atoms with Crippen molar-refractivity contribution in [3.63, 3.8) is 0 Å². The first-order chi connectivity index (χ1) is 16.7. The minimum Gasteiger partial charge on any atom is -0.506 e. The van der Waals surface area contributed by atoms with Gasteiger partial charge in [0.25, 0.3) is 15.6 Å². The number of fused-ring (bicyclic) bond motifs is 1. The summed E-state index contributed by atoms with van der Waals surface area (Å²) >= 11 is 1.32. The Kier molecular flexibility index (Phi) is 6.47. The number of thiophene rings is 1. The number of aliphatic hydroxyl groups excluding tert-OH is 1. The number of sulfonamides is 1. The molecular formula is C25H22N4O4S2. The number of nitrogens with zero attached hydrogens (tertiary/aromatic N) is 3. The van der Waals surface area contributed by atoms with Crippen LogP contribution in [0.5, 0.6) is 0 Å². The molecule has 2 aromatic carbocycles. The molecule has 4 rings (SSSR count). The maximum absolute atomic E-state index is 13.4. The zero-order chi connectivity index (χ0) is 25.3. The number of H-pyrrole nitrogens is 1. The highest BCUT2D eigenvalue weighted by atomic mass is 32.2. The van der Waals surface area contributed by atoms with Crippen molar-refractivity contribution in [2.45, 2.75) is 25.7 Å². The first kappa shape index (κ1) is 24.2. The highest BCUT2D eigenvalue weighted by Crippen LogP contribution is 2.30. The van der Waals surface area contributed by atoms with Gasteiger partial charge in [-0.1, -0.05) is 30.3 Å². The van der Waals surface area contributed by atoms with Crippen LogP contribution in [0.3, 0.4) is 0 Å². The second-order valence-corrected chi connectivity index (χ2v) is 10.8. The van der Waals surface area contributed by atoms with E-state index in [0.717, 1.165) is 10.4 Å². The number of aryl methyl sites for hydroxylation is 2. The van der Waals surface area contributed by atoms with E-state index in [1.165, 1.54) is 39.9 Å². The molecule has 8 nitrogen and oxygen atoms in total. The molecule has 0 saturated carbocycles. The van der Waals surface area contributed by atoms with Crippen LogP contribution in [0.4, 0.5) is 5.69 Å². The van der Waals surface area contributed by atoms with Crippen molar-refractivity contribution in [1.29, 1.82) is 5.26 Å². The lowest BCUT2D eigenvalue weighted by atomic mass is 10.1. The van der Waals surface area contributed by atoms with E-state index in [9.17, 15) is 23.6 Å². The Morgan fingerprint density at radius 1 is 1.17 bits per heavy atom. The van der Waals surface area contributed by atoms with E-state index >= 15 is 0 Å². The molecule has 2 N–H and O–H groups in total. The summed E-state index contributed by atoms with van der Waals surface area (Å²) < 4.78 is 28.0. The van der Waals surface area contributed by atoms with Crippen molar-refractivity contribution < 1.29 is 13.5 Å². The first-order valence-corrected chi connectivity index (χ1v) is 13.0. The molecular weight excluding hydrogens is 484 g/mol. The Morgan fingerprint density at radius 2 is 1.89 bits per heavy atom. The van der Waals surface area contributed by atoms with E-state index in [-0.39, 0.29) is 28.4 Å². The number of allylic oxidation sites excluding steroid dienone is 1. The van der Waals surface area contributed by atoms with E-state index in [4.69, 9.17) is 0 Å². The number of nitriles is 1. The molecule has 0 aliphatic rings. The number of aromatic nitrogens is 2. The molecule has 0 saturated heterocycles. The Bertz CT molecular complexity index is 1660. The average molecular weight is 507 g/mol. The van der Waals surface area contributed by atoms with E-state index in [0.29, 0.717) is 15.9 Å². The largest absolute Gasteiger partial charge is 0.506 e. The van der Waals surface area contributed by atoms with Gasteiger partial charge in [-0.05, 0) is 50.6 Å². The number of rotatable bonds is 6. The summed E-state index contributed by atoms with van der Waals surface area (Å²) in [5.74, 6) is -0.573. The molecule has 0 aliphatic heterocycles. The lowest BCUT2D eigenvalue weighted by molar-refractivity contribution is 0.513. The fourth-order valence-corrected chi connectivity index (χ4v) is 6.30. The van der Waals surface area contributed by atoms with Crippen molar-refractivity contribution in [1.82, 2.24) is 9.97 Å². The first-order valence-electron chi connectivity index (χ1n) is 10.7. The highest BCUT2D eigenvalue weighted by molar-refractivity contribution is 7.92. The van der Waals surface area contributed by atoms with Gasteiger partial charge in [0.15, 0.2) is 5.82 Å². The van der Waals surface area contributed by atoms with Crippen molar-refractivity contribution >= 4 is 48.6 Å². The molecule has 0 unspecified atom stereocenters. The van der Waals surface area contributed by atoms with Gasteiger partial charge in [-0.2, -0.15) is 5.26 Å². The van der Waals surface area contributed by atoms with E-state index in [1.807, 2.05) is 19.9 Å². The van der Waals surface area contributed by atoms with Crippen LogP contribution in [0, 0.1) is 25.2 Å². The third kappa shape index (κ3) is 4.32. The molecule has 35 heavy (non-hydrogen) atoms. The lowest BCUT2D eigenvalue weighted by Gasteiger charge is -2.23. The van der Waals surface area contributed by atoms with Gasteiger partial charge in [0.2, 0.25) is 0 Å². The Labute approximate surface area is 206 Å². The predicted octanol–water partition coefficient (Wildman–Crippen LogP) is 4.77. The molecule has 0 aliphatic carbocycles. The maximum Gasteiger partial charge on any atom is 0.264 e. The van der Waals surface area contributed by atoms with Gasteiger partial charge in [0.1, 0.15) is 22.2 Å². The number of hydrogen-bond acceptors (Lipinski definition) is 7. The number of nitrogens with one attached hydrogen (secondary N) is 1. The Hall–Kier alpha value is -3.94. The smallest absolute Gasteiger partial charge is 0.264 e. The van der Waals surface area contributed by atoms with Gasteiger partial charge in [-0.25, -0.2) is 13.4 Å². The second kappa shape index (κ2) is 9.37. The molecule has 10 heteroatoms. The zero-order valence-electron chi connectivity index (χ0n) is 19.2. The van der Waals surface area contributed by atoms with Crippen molar-refractivity contribution in [2.24, 2.45) is 0 Å². The number of para-hydroxylation sites is 1. The molecule has 2 heterocycles. The average Bonchev–Trinajstić information content (AvgIpc) is 3.14. The Balaban J connectivity index is 1.82. The summed E-state index contributed by atoms with van der Waals surface area (Å²) in [6, 6.07) is 16.3. The van der Waals surface area contributed by atoms with Gasteiger partial charge >= 0.3 is 0 Å². The van der Waals surface area contributed by atoms with E-state index < -0.39 is 21.3 Å². The molecule has 178 valence electrons. The van der Waals surface area contributed by atoms with Crippen LogP contribution >= 0.6 is 11.3 Å². The SMILES string of the molecule is CCN(c1ccccc1)S(=O)(=O)c1cccc(C(O)=C(C#N)c2nc3sc(C)c(C)c3c(=O)[nH]2)c1. The van der Waals surface area contributed by atoms with Crippen LogP contribution < -0.4 is 9.86 Å². The normalized spacial score (nSPS) is 12.3. The molecule has 0 atom stereocenters. The number of aromatic amines is 1. The summed E-state index contributed by atoms with van der Waals surface area (Å²) in [6.07, 6.45) is 0. The molecule has 4 aromatic rings. The number of benzene rings is 2. The summed E-state index contributed by atoms with van der Waals surface area (Å²) in [7, 11) is -3.95. The van der Waals surface area contributed by atoms with Crippen LogP contribution in [-0.2, 0) is 10.0 Å². The highest BCUT2D eigenvalue weighted by Gasteiger charge is 2.25. The monoisotopic (exact) mass is 506 g/mol. The van der Waals surface area contributed by atoms with Crippen molar-refractivity contribution in [3.8, 4) is 6.07 Å². The van der Waals surface area contributed by atoms with Crippen LogP contribution in [0.1, 0.15) is 28.8 Å². The summed E-state index contributed by atoms with van der Waals surface area (Å²) in [5.41, 5.74) is 0.749. The third-order valence-corrected chi connectivity index (χ3v) is 8.65. The van der Waals surface area contributed by atoms with Gasteiger partial charge in [0.05, 0.1) is 16.0 Å². The topological polar surface area (TPSA) is 127 Å². The van der Waals surface area contributed by atoms with Gasteiger partial charge in [0, 0.05) is 17.0 Å². The standard InChI is InChI=1S/C25H22N4O4S2/c1-4-29(18-10-6-5-7-11-18)35(32,33)19-12-8-9-17(13-19)22(30)20(14-26)23-27-24(31)21-15(2)16(3)34-25(21)28-23/h5-13,30H,4H2,1-3H3,(H,27,28,31). The van der Waals surface area contributed by atoms with Crippen LogP contribution in [0.2, 0.25) is 0 Å². The number of anilines is 1. The van der Waals surface area contributed by atoms with E-state index in [1.54, 1.807) is 37.3 Å². The summed E-state index contributed by atoms with van der Waals surface area (Å²) in [6.45, 7) is 5.63. The molecule has 0 radical (unpaired) electrons. The Morgan fingerprint density at radius 3 is 2.54 bits per heavy atom. The zero-order valence-corrected chi connectivity index (χ0v) is 20.9. The van der Waals surface area contributed by atoms with Gasteiger partial charge in [-0.3, -0.25) is 9.10 Å². The predicted molar refractivity (Wildman–Crippen MR) is 138 cm³/mol. The van der Waals surface area contributed by atoms with Crippen molar-refractivity contribution in [3.05, 3.63) is 86.8 Å². The minimum atomic E-state index is -3.95. The van der Waals surface area contributed by atoms with Gasteiger partial charge < -0.3 is 10.1 Å². The quantitative estimate of drug-likeness (QED) is 0.287.